The van der Waals surface area contributed by atoms with Gasteiger partial charge in [0.15, 0.2) is 0 Å². The largest absolute Gasteiger partial charge is 0.412 e. The van der Waals surface area contributed by atoms with Gasteiger partial charge in [0.1, 0.15) is 0 Å². The molecule has 0 aromatic carbocycles. The van der Waals surface area contributed by atoms with Crippen LogP contribution in [0.2, 0.25) is 0 Å². The summed E-state index contributed by atoms with van der Waals surface area (Å²) in [5.41, 5.74) is 0. The molecule has 0 aliphatic rings. The topological polar surface area (TPSA) is 1150 Å². The maximum absolute atomic E-state index is 0. The van der Waals surface area contributed by atoms with Crippen LogP contribution in [0, 0.1) is 0 Å². The summed E-state index contributed by atoms with van der Waals surface area (Å²) in [7, 11) is 0. The molecule has 348 valence electrons. The second-order valence-electron chi connectivity index (χ2n) is 0. The molecule has 0 saturated heterocycles. The van der Waals surface area contributed by atoms with Crippen LogP contribution >= 0.6 is 0 Å². The van der Waals surface area contributed by atoms with E-state index in [0.717, 1.165) is 0 Å². The fourth-order valence-corrected chi connectivity index (χ4v) is 0. The van der Waals surface area contributed by atoms with Crippen molar-refractivity contribution in [2.24, 2.45) is 0 Å². The number of quaternary nitrogens is 4. The first-order valence-corrected chi connectivity index (χ1v) is 0. The molecule has 0 aliphatic carbocycles. The minimum absolute atomic E-state index is 0. The molecule has 0 heterocycles. The zero-order valence-corrected chi connectivity index (χ0v) is 53.4. The molecule has 0 aliphatic heterocycles. The Kier molecular flexibility index (Phi) is 400000. The third-order valence-electron chi connectivity index (χ3n) is 0. The fourth-order valence-electron chi connectivity index (χ4n) is 0. The van der Waals surface area contributed by atoms with Crippen molar-refractivity contribution in [1.29, 1.82) is 0 Å². The predicted molar refractivity (Wildman–Crippen MR) is 140 cm³/mol. The first-order chi connectivity index (χ1) is 0. The van der Waals surface area contributed by atoms with Crippen LogP contribution in [0.25, 0.3) is 0 Å². The molecule has 0 saturated carbocycles. The van der Waals surface area contributed by atoms with E-state index in [0.29, 0.717) is 0 Å². The summed E-state index contributed by atoms with van der Waals surface area (Å²) in [5, 5.41) is 0. The Morgan fingerprint density at radius 3 is 0.0652 bits per heavy atom. The van der Waals surface area contributed by atoms with Gasteiger partial charge in [-0.2, -0.15) is 0 Å². The van der Waals surface area contributed by atoms with E-state index in [1.54, 1.807) is 0 Å². The first kappa shape index (κ1) is 4420. The third kappa shape index (κ3) is 3920. The molecule has 0 spiro atoms. The zero-order valence-electron chi connectivity index (χ0n) is 24.1. The van der Waals surface area contributed by atoms with Gasteiger partial charge in [0.05, 0.1) is 0 Å². The Labute approximate surface area is 405 Å². The van der Waals surface area contributed by atoms with Crippen LogP contribution in [0.5, 0.6) is 0 Å². The number of hydrogen-bond donors (Lipinski definition) is 4. The van der Waals surface area contributed by atoms with E-state index < -0.39 is 0 Å². The van der Waals surface area contributed by atoms with Gasteiger partial charge >= 0.3 is 0 Å². The molecule has 0 amide bonds. The van der Waals surface area contributed by atoms with E-state index >= 15 is 0 Å². The molecular formula is H80N4O32W10+4. The van der Waals surface area contributed by atoms with Crippen LogP contribution in [0.4, 0.5) is 0 Å². The minimum atomic E-state index is 0. The average molecular weight is 2490 g/mol. The van der Waals surface area contributed by atoms with Gasteiger partial charge in [0, 0.05) is 211 Å². The van der Waals surface area contributed by atoms with Gasteiger partial charge in [-0.15, -0.1) is 0 Å². The smallest absolute Gasteiger partial charge is 0 e. The van der Waals surface area contributed by atoms with E-state index in [9.17, 15) is 0 Å². The van der Waals surface area contributed by atoms with Gasteiger partial charge < -0.3 is 200 Å². The van der Waals surface area contributed by atoms with Crippen molar-refractivity contribution in [2.75, 3.05) is 0 Å². The van der Waals surface area contributed by atoms with Crippen molar-refractivity contribution in [1.82, 2.24) is 24.6 Å². The Morgan fingerprint density at radius 2 is 0.0652 bits per heavy atom. The van der Waals surface area contributed by atoms with Crippen molar-refractivity contribution in [2.45, 2.75) is 0 Å². The maximum atomic E-state index is 0. The molecule has 0 fully saturated rings. The van der Waals surface area contributed by atoms with Gasteiger partial charge in [-0.05, 0) is 0 Å². The maximum Gasteiger partial charge on any atom is 0 e. The van der Waals surface area contributed by atoms with E-state index in [4.69, 9.17) is 0 Å². The molecule has 0 atom stereocenters. The molecule has 80 N–H and O–H groups in total. The molecular weight excluding hydrogens is 2410 g/mol. The van der Waals surface area contributed by atoms with Crippen molar-refractivity contribution in [3.8, 4) is 0 Å². The fraction of sp³-hybridized carbons (Fsp3) is 0. The van der Waals surface area contributed by atoms with Crippen LogP contribution in [0.3, 0.4) is 0 Å². The molecule has 0 aromatic rings. The second-order valence-corrected chi connectivity index (χ2v) is 0. The van der Waals surface area contributed by atoms with Gasteiger partial charge in [-0.3, -0.25) is 0 Å². The van der Waals surface area contributed by atoms with Gasteiger partial charge in [-0.25, -0.2) is 0 Å². The predicted octanol–water partition coefficient (Wildman–Crippen LogP) is -24.9. The summed E-state index contributed by atoms with van der Waals surface area (Å²) in [6.07, 6.45) is 0. The molecule has 36 nitrogen and oxygen atoms in total. The monoisotopic (exact) mass is 2490 g/mol. The zero-order chi connectivity index (χ0) is 0. The third-order valence-corrected chi connectivity index (χ3v) is 0. The Hall–Kier alpha value is 5.44. The number of rotatable bonds is 0. The summed E-state index contributed by atoms with van der Waals surface area (Å²) in [5.74, 6) is 0. The molecule has 0 rings (SSSR count). The average Bonchev–Trinajstić information content (AvgIpc) is 0. The Morgan fingerprint density at radius 1 is 0.0652 bits per heavy atom. The van der Waals surface area contributed by atoms with Crippen LogP contribution < -0.4 is 24.6 Å². The molecule has 0 bridgehead atoms. The van der Waals surface area contributed by atoms with Gasteiger partial charge in [-0.1, -0.05) is 0 Å². The molecule has 0 radical (unpaired) electrons. The summed E-state index contributed by atoms with van der Waals surface area (Å²) >= 11 is 0. The first-order valence-electron chi connectivity index (χ1n) is 0. The van der Waals surface area contributed by atoms with E-state index in [1.165, 1.54) is 0 Å². The van der Waals surface area contributed by atoms with Crippen molar-refractivity contribution < 1.29 is 386 Å². The molecule has 0 unspecified atom stereocenters. The second kappa shape index (κ2) is 4160. The van der Waals surface area contributed by atoms with Gasteiger partial charge in [0.25, 0.3) is 0 Å². The van der Waals surface area contributed by atoms with E-state index in [-0.39, 0.29) is 410 Å². The van der Waals surface area contributed by atoms with Crippen molar-refractivity contribution >= 4 is 0 Å². The van der Waals surface area contributed by atoms with Crippen molar-refractivity contribution in [3.63, 3.8) is 0 Å². The quantitative estimate of drug-likeness (QED) is 0.176. The van der Waals surface area contributed by atoms with Crippen LogP contribution in [0.15, 0.2) is 0 Å². The van der Waals surface area contributed by atoms with E-state index in [1.807, 2.05) is 0 Å². The SMILES string of the molecule is O.O.O.O.O.O.O.O.O.O.O.O.O.O.O.O.O.O.O.O.O.O.O.O.O.O.O.O.O.O.O.O.[NH4+].[NH4+].[NH4+].[NH4+].[W].[W].[W].[W].[W].[W].[W].[W].[W].[W]. The summed E-state index contributed by atoms with van der Waals surface area (Å²) in [4.78, 5) is 0. The minimum Gasteiger partial charge on any atom is -0.412 e. The molecule has 0 aromatic heterocycles. The summed E-state index contributed by atoms with van der Waals surface area (Å²) < 4.78 is 0. The summed E-state index contributed by atoms with van der Waals surface area (Å²) in [6.45, 7) is 0. The van der Waals surface area contributed by atoms with Gasteiger partial charge in [0.2, 0.25) is 0 Å². The Bertz CT molecular complexity index is 52.9. The molecule has 46 heteroatoms. The number of hydrogen-bond acceptors (Lipinski definition) is 0. The summed E-state index contributed by atoms with van der Waals surface area (Å²) in [6, 6.07) is 0. The van der Waals surface area contributed by atoms with Crippen molar-refractivity contribution in [3.05, 3.63) is 0 Å². The normalized spacial score (nSPS) is 0. The van der Waals surface area contributed by atoms with Crippen LogP contribution in [0.1, 0.15) is 0 Å². The van der Waals surface area contributed by atoms with Crippen LogP contribution in [-0.2, 0) is 211 Å². The standard InChI is InChI=1S/4H3N.32H2O.10W/h4*1H3;32*1H2;;;;;;;;;;/p+4. The van der Waals surface area contributed by atoms with E-state index in [2.05, 4.69) is 0 Å². The molecule has 46 heavy (non-hydrogen) atoms. The van der Waals surface area contributed by atoms with Crippen LogP contribution in [-0.4, -0.2) is 175 Å². The Balaban J connectivity index is 0.